The predicted octanol–water partition coefficient (Wildman–Crippen LogP) is 4.27. The van der Waals surface area contributed by atoms with Crippen LogP contribution in [0.15, 0.2) is 76.6 Å². The van der Waals surface area contributed by atoms with Crippen LogP contribution in [0.5, 0.6) is 0 Å². The number of aromatic nitrogens is 1. The minimum atomic E-state index is -3.80. The molecule has 0 radical (unpaired) electrons. The van der Waals surface area contributed by atoms with Gasteiger partial charge >= 0.3 is 5.97 Å². The van der Waals surface area contributed by atoms with Gasteiger partial charge in [-0.3, -0.25) is 9.52 Å². The van der Waals surface area contributed by atoms with Crippen LogP contribution in [-0.4, -0.2) is 31.5 Å². The van der Waals surface area contributed by atoms with Gasteiger partial charge in [-0.2, -0.15) is 4.99 Å². The average molecular weight is 510 g/mol. The van der Waals surface area contributed by atoms with Crippen molar-refractivity contribution < 1.29 is 22.7 Å². The number of aryl methyl sites for hydroxylation is 2. The quantitative estimate of drug-likeness (QED) is 0.391. The molecule has 0 bridgehead atoms. The third-order valence-electron chi connectivity index (χ3n) is 5.21. The van der Waals surface area contributed by atoms with Crippen LogP contribution in [0.2, 0.25) is 0 Å². The zero-order chi connectivity index (χ0) is 25.2. The van der Waals surface area contributed by atoms with Gasteiger partial charge in [0.25, 0.3) is 15.9 Å². The molecule has 180 valence electrons. The predicted molar refractivity (Wildman–Crippen MR) is 135 cm³/mol. The van der Waals surface area contributed by atoms with Gasteiger partial charge in [-0.1, -0.05) is 35.1 Å². The van der Waals surface area contributed by atoms with Crippen molar-refractivity contribution in [3.8, 4) is 0 Å². The van der Waals surface area contributed by atoms with E-state index in [2.05, 4.69) is 9.71 Å². The fourth-order valence-electron chi connectivity index (χ4n) is 3.38. The van der Waals surface area contributed by atoms with Crippen molar-refractivity contribution >= 4 is 49.1 Å². The van der Waals surface area contributed by atoms with Crippen molar-refractivity contribution in [1.82, 2.24) is 4.57 Å². The highest BCUT2D eigenvalue weighted by Crippen LogP contribution is 2.20. The van der Waals surface area contributed by atoms with Crippen molar-refractivity contribution in [3.63, 3.8) is 0 Å². The molecule has 8 nitrogen and oxygen atoms in total. The van der Waals surface area contributed by atoms with Crippen LogP contribution in [0, 0.1) is 6.92 Å². The molecule has 1 N–H and O–H groups in total. The first kappa shape index (κ1) is 24.4. The number of benzene rings is 3. The summed E-state index contributed by atoms with van der Waals surface area (Å²) in [6.45, 7) is 3.90. The lowest BCUT2D eigenvalue weighted by Crippen LogP contribution is -2.14. The normalized spacial score (nSPS) is 12.0. The summed E-state index contributed by atoms with van der Waals surface area (Å²) in [6, 6.07) is 17.8. The minimum Gasteiger partial charge on any atom is -0.462 e. The molecule has 0 saturated carbocycles. The number of sulfonamides is 1. The molecule has 0 spiro atoms. The number of thiazole rings is 1. The molecule has 0 atom stereocenters. The maximum atomic E-state index is 12.9. The number of ether oxygens (including phenoxy) is 1. The Labute approximate surface area is 206 Å². The van der Waals surface area contributed by atoms with E-state index in [4.69, 9.17) is 4.74 Å². The molecule has 0 aliphatic heterocycles. The van der Waals surface area contributed by atoms with Gasteiger partial charge in [0.1, 0.15) is 0 Å². The first-order chi connectivity index (χ1) is 16.7. The van der Waals surface area contributed by atoms with Crippen molar-refractivity contribution in [3.05, 3.63) is 88.2 Å². The van der Waals surface area contributed by atoms with E-state index in [1.165, 1.54) is 29.5 Å². The van der Waals surface area contributed by atoms with Gasteiger partial charge in [0.15, 0.2) is 4.80 Å². The van der Waals surface area contributed by atoms with Gasteiger partial charge in [-0.05, 0) is 62.4 Å². The molecule has 4 aromatic rings. The number of nitrogens with one attached hydrogen (secondary N) is 1. The summed E-state index contributed by atoms with van der Waals surface area (Å²) in [5.74, 6) is -0.931. The minimum absolute atomic E-state index is 0.129. The number of esters is 1. The second-order valence-corrected chi connectivity index (χ2v) is 10.5. The molecule has 10 heteroatoms. The Morgan fingerprint density at radius 2 is 1.77 bits per heavy atom. The van der Waals surface area contributed by atoms with Crippen molar-refractivity contribution in [2.45, 2.75) is 18.7 Å². The summed E-state index contributed by atoms with van der Waals surface area (Å²) in [5.41, 5.74) is 2.68. The first-order valence-corrected chi connectivity index (χ1v) is 13.0. The van der Waals surface area contributed by atoms with Gasteiger partial charge in [0, 0.05) is 18.3 Å². The molecule has 0 saturated heterocycles. The molecule has 0 aliphatic carbocycles. The number of carbonyl (C=O) groups is 2. The van der Waals surface area contributed by atoms with E-state index in [1.807, 2.05) is 6.92 Å². The molecule has 1 heterocycles. The lowest BCUT2D eigenvalue weighted by Gasteiger charge is -2.09. The number of hydrogen-bond acceptors (Lipinski definition) is 6. The molecular weight excluding hydrogens is 486 g/mol. The SMILES string of the molecule is CCOC(=O)c1ccc2c(c1)sc(=NC(=O)c1cccc(NS(=O)(=O)c3ccc(C)cc3)c1)n2C. The first-order valence-electron chi connectivity index (χ1n) is 10.7. The molecule has 0 fully saturated rings. The summed E-state index contributed by atoms with van der Waals surface area (Å²) in [6.07, 6.45) is 0. The number of fused-ring (bicyclic) bond motifs is 1. The van der Waals surface area contributed by atoms with Crippen LogP contribution in [0.3, 0.4) is 0 Å². The second-order valence-electron chi connectivity index (χ2n) is 7.76. The zero-order valence-corrected chi connectivity index (χ0v) is 20.9. The van der Waals surface area contributed by atoms with E-state index in [-0.39, 0.29) is 22.8 Å². The fraction of sp³-hybridized carbons (Fsp3) is 0.160. The van der Waals surface area contributed by atoms with Crippen molar-refractivity contribution in [2.75, 3.05) is 11.3 Å². The van der Waals surface area contributed by atoms with Gasteiger partial charge < -0.3 is 9.30 Å². The van der Waals surface area contributed by atoms with Gasteiger partial charge in [-0.25, -0.2) is 13.2 Å². The molecule has 1 aromatic heterocycles. The Morgan fingerprint density at radius 1 is 1.03 bits per heavy atom. The maximum Gasteiger partial charge on any atom is 0.338 e. The smallest absolute Gasteiger partial charge is 0.338 e. The summed E-state index contributed by atoms with van der Waals surface area (Å²) < 4.78 is 35.5. The van der Waals surface area contributed by atoms with E-state index in [0.717, 1.165) is 15.8 Å². The lowest BCUT2D eigenvalue weighted by molar-refractivity contribution is 0.0526. The molecule has 3 aromatic carbocycles. The number of nitrogens with zero attached hydrogens (tertiary/aromatic N) is 2. The average Bonchev–Trinajstić information content (AvgIpc) is 3.13. The summed E-state index contributed by atoms with van der Waals surface area (Å²) >= 11 is 1.27. The van der Waals surface area contributed by atoms with E-state index in [9.17, 15) is 18.0 Å². The van der Waals surface area contributed by atoms with E-state index in [1.54, 1.807) is 67.1 Å². The van der Waals surface area contributed by atoms with Crippen LogP contribution in [0.1, 0.15) is 33.2 Å². The number of carbonyl (C=O) groups excluding carboxylic acids is 2. The van der Waals surface area contributed by atoms with E-state index in [0.29, 0.717) is 10.4 Å². The van der Waals surface area contributed by atoms with Gasteiger partial charge in [-0.15, -0.1) is 0 Å². The highest BCUT2D eigenvalue weighted by Gasteiger charge is 2.16. The molecule has 4 rings (SSSR count). The fourth-order valence-corrected chi connectivity index (χ4v) is 5.49. The topological polar surface area (TPSA) is 107 Å². The molecule has 35 heavy (non-hydrogen) atoms. The van der Waals surface area contributed by atoms with Gasteiger partial charge in [0.2, 0.25) is 0 Å². The Balaban J connectivity index is 1.62. The van der Waals surface area contributed by atoms with E-state index >= 15 is 0 Å². The second kappa shape index (κ2) is 9.85. The van der Waals surface area contributed by atoms with Crippen molar-refractivity contribution in [1.29, 1.82) is 0 Å². The third kappa shape index (κ3) is 5.33. The number of rotatable bonds is 6. The number of amides is 1. The third-order valence-corrected chi connectivity index (χ3v) is 7.70. The highest BCUT2D eigenvalue weighted by atomic mass is 32.2. The molecule has 0 aliphatic rings. The Morgan fingerprint density at radius 3 is 2.49 bits per heavy atom. The molecule has 0 unspecified atom stereocenters. The largest absolute Gasteiger partial charge is 0.462 e. The van der Waals surface area contributed by atoms with Crippen LogP contribution in [-0.2, 0) is 21.8 Å². The van der Waals surface area contributed by atoms with E-state index < -0.39 is 21.9 Å². The molecular formula is C25H23N3O5S2. The Bertz CT molecular complexity index is 1600. The summed E-state index contributed by atoms with van der Waals surface area (Å²) in [5, 5.41) is 0. The Kier molecular flexibility index (Phi) is 6.86. The highest BCUT2D eigenvalue weighted by molar-refractivity contribution is 7.92. The monoisotopic (exact) mass is 509 g/mol. The zero-order valence-electron chi connectivity index (χ0n) is 19.3. The Hall–Kier alpha value is -3.76. The maximum absolute atomic E-state index is 12.9. The van der Waals surface area contributed by atoms with Crippen LogP contribution in [0.25, 0.3) is 10.2 Å². The molecule has 1 amide bonds. The standard InChI is InChI=1S/C25H23N3O5S2/c1-4-33-24(30)18-10-13-21-22(15-18)34-25(28(21)3)26-23(29)17-6-5-7-19(14-17)27-35(31,32)20-11-8-16(2)9-12-20/h5-15,27H,4H2,1-3H3. The van der Waals surface area contributed by atoms with Crippen LogP contribution in [0.4, 0.5) is 5.69 Å². The number of hydrogen-bond donors (Lipinski definition) is 1. The lowest BCUT2D eigenvalue weighted by atomic mass is 10.2. The van der Waals surface area contributed by atoms with Crippen molar-refractivity contribution in [2.24, 2.45) is 12.0 Å². The van der Waals surface area contributed by atoms with Crippen LogP contribution >= 0.6 is 11.3 Å². The number of anilines is 1. The summed E-state index contributed by atoms with van der Waals surface area (Å²) in [7, 11) is -2.02. The van der Waals surface area contributed by atoms with Gasteiger partial charge in [0.05, 0.1) is 27.3 Å². The summed E-state index contributed by atoms with van der Waals surface area (Å²) in [4.78, 5) is 29.7. The van der Waals surface area contributed by atoms with Crippen LogP contribution < -0.4 is 9.52 Å².